The van der Waals surface area contributed by atoms with Gasteiger partial charge >= 0.3 is 11.8 Å². The molecule has 1 aromatic heterocycles. The van der Waals surface area contributed by atoms with Gasteiger partial charge in [-0.3, -0.25) is 4.79 Å². The van der Waals surface area contributed by atoms with Gasteiger partial charge in [-0.2, -0.15) is 4.98 Å². The molecule has 0 radical (unpaired) electrons. The van der Waals surface area contributed by atoms with Crippen LogP contribution in [0.3, 0.4) is 0 Å². The van der Waals surface area contributed by atoms with Crippen molar-refractivity contribution in [2.75, 3.05) is 6.54 Å². The topological polar surface area (TPSA) is 102 Å². The number of benzene rings is 2. The van der Waals surface area contributed by atoms with Gasteiger partial charge < -0.3 is 9.84 Å². The Balaban J connectivity index is 1.58. The zero-order valence-electron chi connectivity index (χ0n) is 13.8. The van der Waals surface area contributed by atoms with E-state index in [-0.39, 0.29) is 16.6 Å². The number of carbonyl (C=O) groups excluding carboxylic acids is 1. The van der Waals surface area contributed by atoms with Crippen LogP contribution in [0.5, 0.6) is 0 Å². The average molecular weight is 371 g/mol. The summed E-state index contributed by atoms with van der Waals surface area (Å²) in [6.45, 7) is 0.406. The van der Waals surface area contributed by atoms with E-state index < -0.39 is 21.5 Å². The number of sulfone groups is 1. The summed E-state index contributed by atoms with van der Waals surface area (Å²) in [6.07, 6.45) is 0.663. The molecule has 0 aliphatic heterocycles. The molecule has 3 aromatic rings. The lowest BCUT2D eigenvalue weighted by Gasteiger charge is -2.02. The molecule has 0 aliphatic rings. The second kappa shape index (κ2) is 7.92. The van der Waals surface area contributed by atoms with E-state index in [1.807, 2.05) is 30.3 Å². The van der Waals surface area contributed by atoms with Crippen LogP contribution in [0.15, 0.2) is 70.1 Å². The van der Waals surface area contributed by atoms with Gasteiger partial charge in [-0.25, -0.2) is 8.42 Å². The molecule has 0 fully saturated rings. The Labute approximate surface area is 151 Å². The van der Waals surface area contributed by atoms with Crippen molar-refractivity contribution in [2.45, 2.75) is 17.1 Å². The number of hydrogen-bond donors (Lipinski definition) is 1. The highest BCUT2D eigenvalue weighted by Crippen LogP contribution is 2.14. The first kappa shape index (κ1) is 17.8. The number of nitrogens with zero attached hydrogens (tertiary/aromatic N) is 2. The summed E-state index contributed by atoms with van der Waals surface area (Å²) in [7, 11) is -3.60. The number of hydrogen-bond acceptors (Lipinski definition) is 6. The van der Waals surface area contributed by atoms with Gasteiger partial charge in [0.05, 0.1) is 4.90 Å². The Hall–Kier alpha value is -3.00. The molecule has 0 bridgehead atoms. The predicted molar refractivity (Wildman–Crippen MR) is 94.1 cm³/mol. The molecule has 1 N–H and O–H groups in total. The monoisotopic (exact) mass is 371 g/mol. The molecule has 1 amide bonds. The van der Waals surface area contributed by atoms with Crippen LogP contribution in [-0.4, -0.2) is 31.0 Å². The van der Waals surface area contributed by atoms with Crippen molar-refractivity contribution in [3.63, 3.8) is 0 Å². The Bertz CT molecular complexity index is 970. The van der Waals surface area contributed by atoms with E-state index in [1.165, 1.54) is 12.1 Å². The van der Waals surface area contributed by atoms with Crippen LogP contribution in [0.25, 0.3) is 0 Å². The number of nitrogens with one attached hydrogen (secondary N) is 1. The molecule has 134 valence electrons. The third kappa shape index (κ3) is 4.54. The minimum atomic E-state index is -3.60. The third-order valence-electron chi connectivity index (χ3n) is 3.63. The zero-order chi connectivity index (χ0) is 18.4. The van der Waals surface area contributed by atoms with Crippen LogP contribution < -0.4 is 5.32 Å². The minimum Gasteiger partial charge on any atom is -0.347 e. The molecule has 0 saturated carbocycles. The van der Waals surface area contributed by atoms with Gasteiger partial charge in [-0.1, -0.05) is 53.7 Å². The van der Waals surface area contributed by atoms with Crippen molar-refractivity contribution in [1.29, 1.82) is 0 Å². The molecule has 1 heterocycles. The fourth-order valence-corrected chi connectivity index (χ4v) is 3.52. The Morgan fingerprint density at radius 3 is 2.35 bits per heavy atom. The van der Waals surface area contributed by atoms with Crippen molar-refractivity contribution < 1.29 is 17.7 Å². The van der Waals surface area contributed by atoms with E-state index >= 15 is 0 Å². The van der Waals surface area contributed by atoms with Crippen molar-refractivity contribution >= 4 is 15.7 Å². The summed E-state index contributed by atoms with van der Waals surface area (Å²) in [5.41, 5.74) is 1.09. The van der Waals surface area contributed by atoms with Crippen LogP contribution in [0, 0.1) is 0 Å². The molecule has 0 saturated heterocycles. The lowest BCUT2D eigenvalue weighted by atomic mass is 10.1. The van der Waals surface area contributed by atoms with Gasteiger partial charge in [-0.05, 0) is 24.1 Å². The molecule has 3 rings (SSSR count). The first-order chi connectivity index (χ1) is 12.5. The van der Waals surface area contributed by atoms with Crippen molar-refractivity contribution in [3.05, 3.63) is 77.9 Å². The van der Waals surface area contributed by atoms with E-state index in [2.05, 4.69) is 15.5 Å². The van der Waals surface area contributed by atoms with E-state index in [0.29, 0.717) is 13.0 Å². The zero-order valence-corrected chi connectivity index (χ0v) is 14.6. The molecule has 0 unspecified atom stereocenters. The summed E-state index contributed by atoms with van der Waals surface area (Å²) in [6, 6.07) is 17.7. The lowest BCUT2D eigenvalue weighted by Crippen LogP contribution is -2.26. The van der Waals surface area contributed by atoms with Gasteiger partial charge in [-0.15, -0.1) is 0 Å². The number of carbonyl (C=O) groups is 1. The van der Waals surface area contributed by atoms with Crippen LogP contribution in [0.2, 0.25) is 0 Å². The van der Waals surface area contributed by atoms with E-state index in [0.717, 1.165) is 5.56 Å². The highest BCUT2D eigenvalue weighted by molar-refractivity contribution is 7.90. The predicted octanol–water partition coefficient (Wildman–Crippen LogP) is 2.02. The maximum Gasteiger partial charge on any atom is 0.315 e. The molecule has 7 nitrogen and oxygen atoms in total. The number of amides is 1. The fraction of sp³-hybridized carbons (Fsp3) is 0.167. The summed E-state index contributed by atoms with van der Waals surface area (Å²) in [5.74, 6) is -1.27. The molecule has 8 heteroatoms. The van der Waals surface area contributed by atoms with Gasteiger partial charge in [0.1, 0.15) is 5.75 Å². The van der Waals surface area contributed by atoms with Crippen LogP contribution in [0.1, 0.15) is 22.1 Å². The normalized spacial score (nSPS) is 11.2. The van der Waals surface area contributed by atoms with E-state index in [4.69, 9.17) is 4.52 Å². The quantitative estimate of drug-likeness (QED) is 0.682. The highest BCUT2D eigenvalue weighted by Gasteiger charge is 2.21. The highest BCUT2D eigenvalue weighted by atomic mass is 32.2. The number of aromatic nitrogens is 2. The van der Waals surface area contributed by atoms with Gasteiger partial charge in [0.15, 0.2) is 15.7 Å². The maximum absolute atomic E-state index is 12.3. The molecular weight excluding hydrogens is 354 g/mol. The molecule has 2 aromatic carbocycles. The third-order valence-corrected chi connectivity index (χ3v) is 5.25. The Kier molecular flexibility index (Phi) is 5.43. The second-order valence-electron chi connectivity index (χ2n) is 5.58. The molecular formula is C18H17N3O4S. The van der Waals surface area contributed by atoms with Crippen molar-refractivity contribution in [2.24, 2.45) is 0 Å². The largest absolute Gasteiger partial charge is 0.347 e. The fourth-order valence-electron chi connectivity index (χ4n) is 2.33. The van der Waals surface area contributed by atoms with E-state index in [9.17, 15) is 13.2 Å². The molecule has 0 spiro atoms. The van der Waals surface area contributed by atoms with Gasteiger partial charge in [0, 0.05) is 6.54 Å². The summed E-state index contributed by atoms with van der Waals surface area (Å²) >= 11 is 0. The molecule has 0 atom stereocenters. The lowest BCUT2D eigenvalue weighted by molar-refractivity contribution is 0.0910. The summed E-state index contributed by atoms with van der Waals surface area (Å²) in [4.78, 5) is 16.1. The summed E-state index contributed by atoms with van der Waals surface area (Å²) < 4.78 is 29.4. The average Bonchev–Trinajstić information content (AvgIpc) is 3.11. The smallest absolute Gasteiger partial charge is 0.315 e. The number of rotatable bonds is 7. The minimum absolute atomic E-state index is 0.0536. The van der Waals surface area contributed by atoms with Gasteiger partial charge in [0.2, 0.25) is 0 Å². The standard InChI is InChI=1S/C18H17N3O4S/c22-17(19-12-11-14-7-3-1-4-8-14)18-20-16(21-25-18)13-26(23,24)15-9-5-2-6-10-15/h1-10H,11-13H2,(H,19,22). The SMILES string of the molecule is O=C(NCCc1ccccc1)c1nc(CS(=O)(=O)c2ccccc2)no1. The van der Waals surface area contributed by atoms with Crippen LogP contribution >= 0.6 is 0 Å². The Morgan fingerprint density at radius 2 is 1.65 bits per heavy atom. The van der Waals surface area contributed by atoms with Crippen molar-refractivity contribution in [3.8, 4) is 0 Å². The summed E-state index contributed by atoms with van der Waals surface area (Å²) in [5, 5.41) is 6.26. The van der Waals surface area contributed by atoms with E-state index in [1.54, 1.807) is 18.2 Å². The van der Waals surface area contributed by atoms with Crippen LogP contribution in [-0.2, 0) is 22.0 Å². The first-order valence-electron chi connectivity index (χ1n) is 7.97. The maximum atomic E-state index is 12.3. The van der Waals surface area contributed by atoms with Crippen LogP contribution in [0.4, 0.5) is 0 Å². The first-order valence-corrected chi connectivity index (χ1v) is 9.62. The Morgan fingerprint density at radius 1 is 1.00 bits per heavy atom. The molecule has 26 heavy (non-hydrogen) atoms. The molecule has 0 aliphatic carbocycles. The second-order valence-corrected chi connectivity index (χ2v) is 7.57. The van der Waals surface area contributed by atoms with Crippen molar-refractivity contribution in [1.82, 2.24) is 15.5 Å². The van der Waals surface area contributed by atoms with Gasteiger partial charge in [0.25, 0.3) is 0 Å².